The van der Waals surface area contributed by atoms with Crippen LogP contribution in [0.2, 0.25) is 0 Å². The lowest BCUT2D eigenvalue weighted by Gasteiger charge is -2.07. The van der Waals surface area contributed by atoms with Gasteiger partial charge in [-0.25, -0.2) is 4.98 Å². The third-order valence-corrected chi connectivity index (χ3v) is 2.66. The molecule has 0 radical (unpaired) electrons. The first kappa shape index (κ1) is 10.9. The van der Waals surface area contributed by atoms with Crippen LogP contribution in [0.1, 0.15) is 31.5 Å². The van der Waals surface area contributed by atoms with Crippen LogP contribution in [0.4, 0.5) is 0 Å². The number of hydrogen-bond donors (Lipinski definition) is 1. The molecule has 1 aromatic heterocycles. The minimum absolute atomic E-state index is 0.0319. The summed E-state index contributed by atoms with van der Waals surface area (Å²) in [5.41, 5.74) is 0. The first-order valence-corrected chi connectivity index (χ1v) is 5.73. The number of rotatable bonds is 5. The monoisotopic (exact) mass is 219 g/mol. The molecule has 1 heterocycles. The number of nitrogens with zero attached hydrogens (tertiary/aromatic N) is 2. The second-order valence-corrected chi connectivity index (χ2v) is 4.04. The van der Waals surface area contributed by atoms with Gasteiger partial charge >= 0.3 is 0 Å². The topological polar surface area (TPSA) is 46.9 Å². The van der Waals surface area contributed by atoms with Crippen molar-refractivity contribution >= 4 is 5.91 Å². The van der Waals surface area contributed by atoms with E-state index in [1.807, 2.05) is 19.3 Å². The Bertz CT molecular complexity index is 391. The smallest absolute Gasteiger partial charge is 0.243 e. The van der Waals surface area contributed by atoms with Gasteiger partial charge < -0.3 is 9.88 Å². The highest BCUT2D eigenvalue weighted by Gasteiger charge is 2.27. The molecule has 86 valence electrons. The lowest BCUT2D eigenvalue weighted by atomic mass is 10.4. The molecule has 0 saturated heterocycles. The maximum Gasteiger partial charge on any atom is 0.243 e. The summed E-state index contributed by atoms with van der Waals surface area (Å²) in [5, 5.41) is 2.83. The van der Waals surface area contributed by atoms with E-state index in [1.165, 1.54) is 24.7 Å². The van der Waals surface area contributed by atoms with Crippen molar-refractivity contribution in [2.75, 3.05) is 6.54 Å². The summed E-state index contributed by atoms with van der Waals surface area (Å²) in [7, 11) is 0. The molecular formula is C12H17N3O. The number of imidazole rings is 1. The molecular weight excluding hydrogens is 202 g/mol. The van der Waals surface area contributed by atoms with Gasteiger partial charge in [-0.2, -0.15) is 0 Å². The highest BCUT2D eigenvalue weighted by atomic mass is 16.1. The summed E-state index contributed by atoms with van der Waals surface area (Å²) in [6.45, 7) is 3.29. The van der Waals surface area contributed by atoms with E-state index in [2.05, 4.69) is 14.9 Å². The third-order valence-electron chi connectivity index (χ3n) is 2.66. The van der Waals surface area contributed by atoms with Crippen LogP contribution in [-0.4, -0.2) is 22.0 Å². The number of aromatic nitrogens is 2. The van der Waals surface area contributed by atoms with E-state index in [9.17, 15) is 4.79 Å². The van der Waals surface area contributed by atoms with E-state index in [-0.39, 0.29) is 5.91 Å². The van der Waals surface area contributed by atoms with Crippen LogP contribution in [0.5, 0.6) is 0 Å². The predicted octanol–water partition coefficient (Wildman–Crippen LogP) is 1.45. The van der Waals surface area contributed by atoms with E-state index in [4.69, 9.17) is 0 Å². The molecule has 1 saturated carbocycles. The number of allylic oxidation sites excluding steroid dienone is 1. The minimum atomic E-state index is -0.0319. The van der Waals surface area contributed by atoms with E-state index in [0.29, 0.717) is 12.5 Å². The Hall–Kier alpha value is -1.58. The van der Waals surface area contributed by atoms with Gasteiger partial charge in [-0.1, -0.05) is 6.08 Å². The van der Waals surface area contributed by atoms with Crippen LogP contribution in [0, 0.1) is 0 Å². The van der Waals surface area contributed by atoms with Gasteiger partial charge in [0.2, 0.25) is 5.91 Å². The van der Waals surface area contributed by atoms with Crippen molar-refractivity contribution in [2.45, 2.75) is 32.2 Å². The zero-order valence-corrected chi connectivity index (χ0v) is 9.52. The first-order chi connectivity index (χ1) is 7.81. The molecule has 0 bridgehead atoms. The molecule has 4 nitrogen and oxygen atoms in total. The Morgan fingerprint density at radius 3 is 3.19 bits per heavy atom. The summed E-state index contributed by atoms with van der Waals surface area (Å²) in [6.07, 6.45) is 9.60. The average molecular weight is 219 g/mol. The lowest BCUT2D eigenvalue weighted by Crippen LogP contribution is -2.25. The minimum Gasteiger partial charge on any atom is -0.351 e. The first-order valence-electron chi connectivity index (χ1n) is 5.73. The van der Waals surface area contributed by atoms with Gasteiger partial charge in [0.1, 0.15) is 5.82 Å². The molecule has 0 aliphatic heterocycles. The zero-order chi connectivity index (χ0) is 11.4. The summed E-state index contributed by atoms with van der Waals surface area (Å²) >= 11 is 0. The van der Waals surface area contributed by atoms with Crippen molar-refractivity contribution in [1.29, 1.82) is 0 Å². The van der Waals surface area contributed by atoms with Gasteiger partial charge in [-0.05, 0) is 25.8 Å². The number of amides is 1. The highest BCUT2D eigenvalue weighted by molar-refractivity contribution is 5.87. The largest absolute Gasteiger partial charge is 0.351 e. The molecule has 16 heavy (non-hydrogen) atoms. The number of nitrogens with one attached hydrogen (secondary N) is 1. The Balaban J connectivity index is 1.80. The van der Waals surface area contributed by atoms with Gasteiger partial charge in [0.15, 0.2) is 0 Å². The fourth-order valence-corrected chi connectivity index (χ4v) is 1.72. The fourth-order valence-electron chi connectivity index (χ4n) is 1.72. The molecule has 0 spiro atoms. The lowest BCUT2D eigenvalue weighted by molar-refractivity contribution is -0.116. The van der Waals surface area contributed by atoms with E-state index >= 15 is 0 Å². The number of carbonyl (C=O) groups is 1. The Morgan fingerprint density at radius 1 is 1.69 bits per heavy atom. The highest BCUT2D eigenvalue weighted by Crippen LogP contribution is 2.38. The third kappa shape index (κ3) is 2.72. The maximum atomic E-state index is 11.2. The summed E-state index contributed by atoms with van der Waals surface area (Å²) < 4.78 is 2.13. The zero-order valence-electron chi connectivity index (χ0n) is 9.52. The molecule has 1 amide bonds. The van der Waals surface area contributed by atoms with Crippen molar-refractivity contribution in [3.8, 4) is 0 Å². The Kier molecular flexibility index (Phi) is 3.39. The second kappa shape index (κ2) is 4.96. The molecule has 4 heteroatoms. The van der Waals surface area contributed by atoms with Crippen molar-refractivity contribution in [3.05, 3.63) is 30.4 Å². The van der Waals surface area contributed by atoms with Crippen LogP contribution < -0.4 is 5.32 Å². The molecule has 2 rings (SSSR count). The number of carbonyl (C=O) groups excluding carboxylic acids is 1. The summed E-state index contributed by atoms with van der Waals surface area (Å²) in [6, 6.07) is 0. The van der Waals surface area contributed by atoms with Crippen molar-refractivity contribution < 1.29 is 4.79 Å². The van der Waals surface area contributed by atoms with Crippen LogP contribution in [0.25, 0.3) is 0 Å². The van der Waals surface area contributed by atoms with E-state index in [0.717, 1.165) is 6.54 Å². The average Bonchev–Trinajstić information content (AvgIpc) is 3.00. The standard InChI is InChI=1S/C12H17N3O/c1-2-3-11(16)13-6-8-15-9-7-14-12(15)10-4-5-10/h2-3,7,9-10H,4-6,8H2,1H3,(H,13,16)/b3-2+. The van der Waals surface area contributed by atoms with Gasteiger partial charge in [-0.3, -0.25) is 4.79 Å². The van der Waals surface area contributed by atoms with E-state index < -0.39 is 0 Å². The van der Waals surface area contributed by atoms with E-state index in [1.54, 1.807) is 6.08 Å². The molecule has 1 aromatic rings. The van der Waals surface area contributed by atoms with Crippen molar-refractivity contribution in [1.82, 2.24) is 14.9 Å². The van der Waals surface area contributed by atoms with Crippen LogP contribution in [-0.2, 0) is 11.3 Å². The normalized spacial score (nSPS) is 15.6. The Labute approximate surface area is 95.4 Å². The SMILES string of the molecule is C/C=C/C(=O)NCCn1ccnc1C1CC1. The summed E-state index contributed by atoms with van der Waals surface area (Å²) in [5.74, 6) is 1.79. The van der Waals surface area contributed by atoms with Gasteiger partial charge in [0.05, 0.1) is 0 Å². The van der Waals surface area contributed by atoms with Gasteiger partial charge in [0.25, 0.3) is 0 Å². The van der Waals surface area contributed by atoms with Crippen molar-refractivity contribution in [3.63, 3.8) is 0 Å². The van der Waals surface area contributed by atoms with Crippen molar-refractivity contribution in [2.24, 2.45) is 0 Å². The molecule has 0 unspecified atom stereocenters. The molecule has 0 aromatic carbocycles. The molecule has 1 aliphatic rings. The molecule has 1 fully saturated rings. The maximum absolute atomic E-state index is 11.2. The Morgan fingerprint density at radius 2 is 2.50 bits per heavy atom. The molecule has 1 aliphatic carbocycles. The molecule has 1 N–H and O–H groups in total. The fraction of sp³-hybridized carbons (Fsp3) is 0.500. The van der Waals surface area contributed by atoms with Crippen LogP contribution in [0.3, 0.4) is 0 Å². The predicted molar refractivity (Wildman–Crippen MR) is 62.0 cm³/mol. The number of hydrogen-bond acceptors (Lipinski definition) is 2. The molecule has 0 atom stereocenters. The second-order valence-electron chi connectivity index (χ2n) is 4.04. The van der Waals surface area contributed by atoms with Gasteiger partial charge in [-0.15, -0.1) is 0 Å². The van der Waals surface area contributed by atoms with Crippen LogP contribution >= 0.6 is 0 Å². The summed E-state index contributed by atoms with van der Waals surface area (Å²) in [4.78, 5) is 15.5. The van der Waals surface area contributed by atoms with Crippen LogP contribution in [0.15, 0.2) is 24.5 Å². The quantitative estimate of drug-likeness (QED) is 0.762. The van der Waals surface area contributed by atoms with Gasteiger partial charge in [0, 0.05) is 31.4 Å².